The molecule has 4 nitrogen and oxygen atoms in total. The summed E-state index contributed by atoms with van der Waals surface area (Å²) in [6, 6.07) is -1.92. The average molecular weight is 328 g/mol. The van der Waals surface area contributed by atoms with Gasteiger partial charge in [-0.1, -0.05) is 13.8 Å². The minimum absolute atomic E-state index is 0.0203. The molecular formula is C19H29NO3. The van der Waals surface area contributed by atoms with Crippen molar-refractivity contribution in [2.45, 2.75) is 45.2 Å². The zero-order valence-electron chi connectivity index (χ0n) is 22.6. The number of fused-ring (bicyclic) bond motifs is 3. The first-order valence-corrected chi connectivity index (χ1v) is 7.89. The standard InChI is InChI=1S/C19H29NO3/c1-12(2)7-14-11-20-6-5-13-8-18(22-3)19(23-4)9-15(13)16(20)10-17(14)21/h8-9,12,14,16-17,21H,5-7,10-11H2,1-4H3/i3D3,5D2,6D2,8D,9D. The van der Waals surface area contributed by atoms with Gasteiger partial charge in [0.15, 0.2) is 11.5 Å². The van der Waals surface area contributed by atoms with Gasteiger partial charge in [0.2, 0.25) is 0 Å². The van der Waals surface area contributed by atoms with Crippen LogP contribution in [-0.4, -0.2) is 43.3 Å². The largest absolute Gasteiger partial charge is 0.493 e. The molecule has 1 aromatic carbocycles. The van der Waals surface area contributed by atoms with Crippen molar-refractivity contribution in [2.75, 3.05) is 27.2 Å². The van der Waals surface area contributed by atoms with Crippen molar-refractivity contribution >= 4 is 0 Å². The molecule has 23 heavy (non-hydrogen) atoms. The number of hydrogen-bond acceptors (Lipinski definition) is 4. The van der Waals surface area contributed by atoms with Gasteiger partial charge in [-0.3, -0.25) is 4.90 Å². The van der Waals surface area contributed by atoms with E-state index in [1.54, 1.807) is 0 Å². The second-order valence-corrected chi connectivity index (χ2v) is 6.60. The lowest BCUT2D eigenvalue weighted by atomic mass is 9.79. The molecule has 0 amide bonds. The molecule has 4 heteroatoms. The molecule has 2 aliphatic rings. The van der Waals surface area contributed by atoms with E-state index in [1.165, 1.54) is 12.0 Å². The summed E-state index contributed by atoms with van der Waals surface area (Å²) < 4.78 is 84.0. The molecule has 3 unspecified atom stereocenters. The molecule has 1 aromatic rings. The van der Waals surface area contributed by atoms with E-state index in [2.05, 4.69) is 0 Å². The summed E-state index contributed by atoms with van der Waals surface area (Å²) >= 11 is 0. The van der Waals surface area contributed by atoms with E-state index in [0.29, 0.717) is 6.42 Å². The lowest BCUT2D eigenvalue weighted by Gasteiger charge is -2.46. The summed E-state index contributed by atoms with van der Waals surface area (Å²) in [5.74, 6) is -0.985. The predicted molar refractivity (Wildman–Crippen MR) is 91.1 cm³/mol. The van der Waals surface area contributed by atoms with Gasteiger partial charge < -0.3 is 14.6 Å². The first kappa shape index (κ1) is 8.72. The molecule has 0 aromatic heterocycles. The number of hydrogen-bond donors (Lipinski definition) is 1. The van der Waals surface area contributed by atoms with Crippen LogP contribution in [0.1, 0.15) is 56.2 Å². The summed E-state index contributed by atoms with van der Waals surface area (Å²) in [5.41, 5.74) is -0.421. The van der Waals surface area contributed by atoms with Gasteiger partial charge in [-0.25, -0.2) is 0 Å². The summed E-state index contributed by atoms with van der Waals surface area (Å²) in [7, 11) is -1.80. The van der Waals surface area contributed by atoms with Crippen molar-refractivity contribution in [1.29, 1.82) is 0 Å². The van der Waals surface area contributed by atoms with Crippen molar-refractivity contribution in [1.82, 2.24) is 4.90 Å². The van der Waals surface area contributed by atoms with E-state index in [1.807, 2.05) is 13.8 Å². The Bertz CT molecular complexity index is 888. The highest BCUT2D eigenvalue weighted by Crippen LogP contribution is 2.43. The molecule has 3 atom stereocenters. The Morgan fingerprint density at radius 3 is 2.91 bits per heavy atom. The van der Waals surface area contributed by atoms with E-state index >= 15 is 0 Å². The summed E-state index contributed by atoms with van der Waals surface area (Å²) in [6.45, 7) is 1.49. The Labute approximate surface area is 152 Å². The topological polar surface area (TPSA) is 41.9 Å². The fourth-order valence-electron chi connectivity index (χ4n) is 3.46. The maximum absolute atomic E-state index is 10.8. The Balaban J connectivity index is 2.27. The van der Waals surface area contributed by atoms with Crippen molar-refractivity contribution in [2.24, 2.45) is 11.8 Å². The minimum atomic E-state index is -2.98. The Morgan fingerprint density at radius 2 is 2.22 bits per heavy atom. The minimum Gasteiger partial charge on any atom is -0.493 e. The van der Waals surface area contributed by atoms with Gasteiger partial charge in [-0.05, 0) is 54.3 Å². The first-order chi connectivity index (χ1) is 14.5. The van der Waals surface area contributed by atoms with Crippen LogP contribution in [-0.2, 0) is 6.37 Å². The maximum atomic E-state index is 10.8. The number of ether oxygens (including phenoxy) is 2. The second-order valence-electron chi connectivity index (χ2n) is 6.60. The zero-order chi connectivity index (χ0) is 24.4. The fraction of sp³-hybridized carbons (Fsp3) is 0.684. The monoisotopic (exact) mass is 328 g/mol. The normalized spacial score (nSPS) is 38.1. The van der Waals surface area contributed by atoms with Gasteiger partial charge in [-0.15, -0.1) is 0 Å². The molecule has 2 aliphatic heterocycles. The van der Waals surface area contributed by atoms with Crippen LogP contribution in [0.3, 0.4) is 0 Å². The smallest absolute Gasteiger partial charge is 0.161 e. The average Bonchev–Trinajstić information content (AvgIpc) is 2.63. The Hall–Kier alpha value is -1.26. The van der Waals surface area contributed by atoms with Gasteiger partial charge >= 0.3 is 0 Å². The maximum Gasteiger partial charge on any atom is 0.161 e. The van der Waals surface area contributed by atoms with Gasteiger partial charge in [0.25, 0.3) is 0 Å². The molecule has 0 aliphatic carbocycles. The molecule has 0 radical (unpaired) electrons. The van der Waals surface area contributed by atoms with Crippen LogP contribution in [0, 0.1) is 11.8 Å². The summed E-state index contributed by atoms with van der Waals surface area (Å²) in [4.78, 5) is 1.33. The van der Waals surface area contributed by atoms with Crippen molar-refractivity contribution in [3.63, 3.8) is 0 Å². The number of piperidine rings is 1. The molecular weight excluding hydrogens is 290 g/mol. The molecule has 1 saturated heterocycles. The molecule has 0 saturated carbocycles. The molecule has 1 N–H and O–H groups in total. The summed E-state index contributed by atoms with van der Waals surface area (Å²) in [5, 5.41) is 10.8. The van der Waals surface area contributed by atoms with Crippen LogP contribution < -0.4 is 9.47 Å². The molecule has 0 spiro atoms. The van der Waals surface area contributed by atoms with Crippen LogP contribution in [0.2, 0.25) is 0 Å². The van der Waals surface area contributed by atoms with Crippen molar-refractivity contribution < 1.29 is 26.9 Å². The van der Waals surface area contributed by atoms with E-state index in [0.717, 1.165) is 0 Å². The van der Waals surface area contributed by atoms with Crippen LogP contribution in [0.4, 0.5) is 0 Å². The molecule has 128 valence electrons. The number of rotatable bonds is 4. The third kappa shape index (κ3) is 3.20. The predicted octanol–water partition coefficient (Wildman–Crippen LogP) is 3.03. The lowest BCUT2D eigenvalue weighted by molar-refractivity contribution is -0.0191. The Morgan fingerprint density at radius 1 is 1.43 bits per heavy atom. The number of methoxy groups -OCH3 is 2. The number of aliphatic hydroxyl groups is 1. The van der Waals surface area contributed by atoms with Crippen molar-refractivity contribution in [3.8, 4) is 11.5 Å². The first-order valence-electron chi connectivity index (χ1n) is 12.4. The second kappa shape index (κ2) is 6.70. The fourth-order valence-corrected chi connectivity index (χ4v) is 3.46. The number of aliphatic hydroxyl groups excluding tert-OH is 1. The van der Waals surface area contributed by atoms with Gasteiger partial charge in [-0.2, -0.15) is 0 Å². The zero-order valence-corrected chi connectivity index (χ0v) is 13.6. The highest BCUT2D eigenvalue weighted by molar-refractivity contribution is 5.49. The van der Waals surface area contributed by atoms with Crippen LogP contribution in [0.5, 0.6) is 11.5 Å². The molecule has 0 bridgehead atoms. The third-order valence-electron chi connectivity index (χ3n) is 4.52. The van der Waals surface area contributed by atoms with Gasteiger partial charge in [0.1, 0.15) is 0 Å². The SMILES string of the molecule is [2H]c1c(OC)c(OC([2H])([2H])[2H])c([2H])c2c1C1CC(O)C(CC(C)C)CN1C([2H])([2H])C2([2H])[2H]. The number of benzene rings is 1. The van der Waals surface area contributed by atoms with Crippen LogP contribution >= 0.6 is 0 Å². The van der Waals surface area contributed by atoms with Gasteiger partial charge in [0, 0.05) is 24.6 Å². The van der Waals surface area contributed by atoms with E-state index < -0.39 is 49.4 Å². The highest BCUT2D eigenvalue weighted by atomic mass is 16.5. The van der Waals surface area contributed by atoms with Gasteiger partial charge in [0.05, 0.1) is 27.1 Å². The quantitative estimate of drug-likeness (QED) is 0.922. The Kier molecular flexibility index (Phi) is 2.54. The molecule has 3 rings (SSSR count). The van der Waals surface area contributed by atoms with Crippen LogP contribution in [0.25, 0.3) is 0 Å². The lowest BCUT2D eigenvalue weighted by Crippen LogP contribution is -2.48. The van der Waals surface area contributed by atoms with E-state index in [4.69, 9.17) is 21.8 Å². The third-order valence-corrected chi connectivity index (χ3v) is 4.52. The molecule has 1 fully saturated rings. The van der Waals surface area contributed by atoms with E-state index in [-0.39, 0.29) is 42.2 Å². The number of nitrogens with zero attached hydrogens (tertiary/aromatic N) is 1. The summed E-state index contributed by atoms with van der Waals surface area (Å²) in [6.07, 6.45) is -2.88. The highest BCUT2D eigenvalue weighted by Gasteiger charge is 2.38. The van der Waals surface area contributed by atoms with Crippen LogP contribution in [0.15, 0.2) is 12.1 Å². The molecule has 2 heterocycles. The van der Waals surface area contributed by atoms with E-state index in [9.17, 15) is 5.11 Å². The van der Waals surface area contributed by atoms with Crippen molar-refractivity contribution in [3.05, 3.63) is 23.2 Å².